The van der Waals surface area contributed by atoms with E-state index in [1.54, 1.807) is 13.1 Å². The van der Waals surface area contributed by atoms with Crippen LogP contribution in [0.1, 0.15) is 10.4 Å². The van der Waals surface area contributed by atoms with Crippen LogP contribution in [0.3, 0.4) is 0 Å². The molecule has 7 heteroatoms. The summed E-state index contributed by atoms with van der Waals surface area (Å²) in [5.74, 6) is -0.780. The van der Waals surface area contributed by atoms with E-state index >= 15 is 0 Å². The summed E-state index contributed by atoms with van der Waals surface area (Å²) in [6, 6.07) is 7.01. The predicted molar refractivity (Wildman–Crippen MR) is 85.9 cm³/mol. The lowest BCUT2D eigenvalue weighted by molar-refractivity contribution is 0.102. The molecule has 2 N–H and O–H groups in total. The second-order valence-corrected chi connectivity index (χ2v) is 5.33. The molecule has 104 valence electrons. The van der Waals surface area contributed by atoms with E-state index in [1.807, 2.05) is 22.6 Å². The average molecular weight is 406 g/mol. The van der Waals surface area contributed by atoms with Gasteiger partial charge in [-0.1, -0.05) is 11.6 Å². The number of carbonyl (C=O) groups is 1. The van der Waals surface area contributed by atoms with Gasteiger partial charge in [-0.05, 0) is 52.9 Å². The molecule has 0 spiro atoms. The van der Waals surface area contributed by atoms with Crippen LogP contribution in [0.25, 0.3) is 0 Å². The maximum Gasteiger partial charge on any atom is 0.255 e. The third-order valence-corrected chi connectivity index (χ3v) is 3.38. The van der Waals surface area contributed by atoms with Crippen molar-refractivity contribution >= 4 is 51.5 Å². The third kappa shape index (κ3) is 3.37. The van der Waals surface area contributed by atoms with Crippen molar-refractivity contribution in [1.82, 2.24) is 4.98 Å². The number of halogens is 3. The molecule has 0 radical (unpaired) electrons. The second-order valence-electron chi connectivity index (χ2n) is 3.87. The van der Waals surface area contributed by atoms with Crippen LogP contribution in [-0.2, 0) is 0 Å². The SMILES string of the molecule is CNc1cc(I)nc(Cl)c1NC(=O)c1ccc(F)cc1. The summed E-state index contributed by atoms with van der Waals surface area (Å²) in [6.07, 6.45) is 0. The maximum atomic E-state index is 12.8. The first kappa shape index (κ1) is 15.0. The van der Waals surface area contributed by atoms with Gasteiger partial charge < -0.3 is 10.6 Å². The van der Waals surface area contributed by atoms with Gasteiger partial charge in [0, 0.05) is 12.6 Å². The number of nitrogens with one attached hydrogen (secondary N) is 2. The topological polar surface area (TPSA) is 54.0 Å². The van der Waals surface area contributed by atoms with Crippen LogP contribution in [0.4, 0.5) is 15.8 Å². The van der Waals surface area contributed by atoms with Crippen LogP contribution < -0.4 is 10.6 Å². The van der Waals surface area contributed by atoms with E-state index in [2.05, 4.69) is 15.6 Å². The Kier molecular flexibility index (Phi) is 4.77. The van der Waals surface area contributed by atoms with Crippen molar-refractivity contribution in [2.24, 2.45) is 0 Å². The molecule has 0 aliphatic carbocycles. The van der Waals surface area contributed by atoms with Crippen molar-refractivity contribution in [3.63, 3.8) is 0 Å². The first-order valence-electron chi connectivity index (χ1n) is 5.62. The third-order valence-electron chi connectivity index (χ3n) is 2.56. The summed E-state index contributed by atoms with van der Waals surface area (Å²) >= 11 is 8.07. The number of hydrogen-bond acceptors (Lipinski definition) is 3. The molecule has 4 nitrogen and oxygen atoms in total. The Balaban J connectivity index is 2.30. The van der Waals surface area contributed by atoms with E-state index in [9.17, 15) is 9.18 Å². The Labute approximate surface area is 133 Å². The molecule has 1 heterocycles. The van der Waals surface area contributed by atoms with Gasteiger partial charge in [0.15, 0.2) is 5.15 Å². The Bertz CT molecular complexity index is 649. The lowest BCUT2D eigenvalue weighted by Gasteiger charge is -2.12. The number of pyridine rings is 1. The number of hydrogen-bond donors (Lipinski definition) is 2. The molecule has 0 saturated heterocycles. The van der Waals surface area contributed by atoms with Crippen molar-refractivity contribution in [3.05, 3.63) is 50.6 Å². The number of carbonyl (C=O) groups excluding carboxylic acids is 1. The van der Waals surface area contributed by atoms with E-state index in [4.69, 9.17) is 11.6 Å². The fraction of sp³-hybridized carbons (Fsp3) is 0.0769. The van der Waals surface area contributed by atoms with Gasteiger partial charge in [-0.3, -0.25) is 4.79 Å². The van der Waals surface area contributed by atoms with Crippen LogP contribution in [0.2, 0.25) is 5.15 Å². The predicted octanol–water partition coefficient (Wildman–Crippen LogP) is 3.77. The summed E-state index contributed by atoms with van der Waals surface area (Å²) in [4.78, 5) is 16.2. The fourth-order valence-corrected chi connectivity index (χ4v) is 2.52. The number of nitrogens with zero attached hydrogens (tertiary/aromatic N) is 1. The molecular formula is C13H10ClFIN3O. The molecule has 1 amide bonds. The molecule has 0 bridgehead atoms. The maximum absolute atomic E-state index is 12.8. The van der Waals surface area contributed by atoms with Crippen LogP contribution in [0, 0.1) is 9.52 Å². The first-order chi connectivity index (χ1) is 9.51. The molecule has 0 fully saturated rings. The summed E-state index contributed by atoms with van der Waals surface area (Å²) in [5.41, 5.74) is 1.39. The molecule has 0 atom stereocenters. The highest BCUT2D eigenvalue weighted by Gasteiger charge is 2.14. The molecule has 0 unspecified atom stereocenters. The highest BCUT2D eigenvalue weighted by Crippen LogP contribution is 2.30. The first-order valence-corrected chi connectivity index (χ1v) is 7.07. The molecule has 2 rings (SSSR count). The highest BCUT2D eigenvalue weighted by atomic mass is 127. The molecule has 0 aliphatic rings. The van der Waals surface area contributed by atoms with E-state index in [0.717, 1.165) is 0 Å². The van der Waals surface area contributed by atoms with Crippen molar-refractivity contribution in [2.45, 2.75) is 0 Å². The number of benzene rings is 1. The molecule has 0 saturated carbocycles. The normalized spacial score (nSPS) is 10.2. The number of amides is 1. The minimum Gasteiger partial charge on any atom is -0.386 e. The standard InChI is InChI=1S/C13H10ClFIN3O/c1-17-9-6-10(16)18-12(14)11(9)19-13(20)7-2-4-8(15)5-3-7/h2-6H,1H3,(H,17,18)(H,19,20). The zero-order valence-corrected chi connectivity index (χ0v) is 13.3. The Morgan fingerprint density at radius 1 is 1.35 bits per heavy atom. The van der Waals surface area contributed by atoms with Crippen LogP contribution in [-0.4, -0.2) is 17.9 Å². The van der Waals surface area contributed by atoms with Gasteiger partial charge in [0.2, 0.25) is 0 Å². The van der Waals surface area contributed by atoms with E-state index in [0.29, 0.717) is 20.6 Å². The van der Waals surface area contributed by atoms with Gasteiger partial charge in [0.1, 0.15) is 15.2 Å². The van der Waals surface area contributed by atoms with Gasteiger partial charge >= 0.3 is 0 Å². The minimum absolute atomic E-state index is 0.191. The van der Waals surface area contributed by atoms with Crippen molar-refractivity contribution in [3.8, 4) is 0 Å². The highest BCUT2D eigenvalue weighted by molar-refractivity contribution is 14.1. The van der Waals surface area contributed by atoms with E-state index < -0.39 is 5.82 Å². The minimum atomic E-state index is -0.397. The summed E-state index contributed by atoms with van der Waals surface area (Å²) in [5, 5.41) is 5.80. The van der Waals surface area contributed by atoms with E-state index in [1.165, 1.54) is 24.3 Å². The molecule has 20 heavy (non-hydrogen) atoms. The lowest BCUT2D eigenvalue weighted by Crippen LogP contribution is -2.14. The monoisotopic (exact) mass is 405 g/mol. The van der Waals surface area contributed by atoms with Gasteiger partial charge in [-0.25, -0.2) is 9.37 Å². The molecule has 1 aromatic heterocycles. The Morgan fingerprint density at radius 2 is 2.00 bits per heavy atom. The Hall–Kier alpha value is -1.41. The van der Waals surface area contributed by atoms with Crippen molar-refractivity contribution < 1.29 is 9.18 Å². The van der Waals surface area contributed by atoms with Gasteiger partial charge in [0.05, 0.1) is 5.69 Å². The summed E-state index contributed by atoms with van der Waals surface area (Å²) in [6.45, 7) is 0. The van der Waals surface area contributed by atoms with Gasteiger partial charge in [0.25, 0.3) is 5.91 Å². The lowest BCUT2D eigenvalue weighted by atomic mass is 10.2. The molecular weight excluding hydrogens is 396 g/mol. The van der Waals surface area contributed by atoms with Gasteiger partial charge in [-0.15, -0.1) is 0 Å². The van der Waals surface area contributed by atoms with Crippen LogP contribution in [0.15, 0.2) is 30.3 Å². The number of aromatic nitrogens is 1. The zero-order valence-electron chi connectivity index (χ0n) is 10.4. The smallest absolute Gasteiger partial charge is 0.255 e. The molecule has 1 aromatic carbocycles. The summed E-state index contributed by atoms with van der Waals surface area (Å²) in [7, 11) is 1.72. The summed E-state index contributed by atoms with van der Waals surface area (Å²) < 4.78 is 13.5. The van der Waals surface area contributed by atoms with Crippen molar-refractivity contribution in [2.75, 3.05) is 17.7 Å². The molecule has 2 aromatic rings. The fourth-order valence-electron chi connectivity index (χ4n) is 1.59. The van der Waals surface area contributed by atoms with Crippen LogP contribution in [0.5, 0.6) is 0 Å². The van der Waals surface area contributed by atoms with Gasteiger partial charge in [-0.2, -0.15) is 0 Å². The van der Waals surface area contributed by atoms with Crippen LogP contribution >= 0.6 is 34.2 Å². The quantitative estimate of drug-likeness (QED) is 0.604. The number of anilines is 2. The van der Waals surface area contributed by atoms with Crippen molar-refractivity contribution in [1.29, 1.82) is 0 Å². The van der Waals surface area contributed by atoms with E-state index in [-0.39, 0.29) is 11.1 Å². The molecule has 0 aliphatic heterocycles. The number of rotatable bonds is 3. The largest absolute Gasteiger partial charge is 0.386 e. The zero-order chi connectivity index (χ0) is 14.7. The second kappa shape index (κ2) is 6.36. The Morgan fingerprint density at radius 3 is 2.60 bits per heavy atom. The average Bonchev–Trinajstić information content (AvgIpc) is 2.42.